The number of carbonyl (C=O) groups is 1. The molecule has 1 aliphatic heterocycles. The van der Waals surface area contributed by atoms with Crippen LogP contribution >= 0.6 is 0 Å². The molecule has 0 unspecified atom stereocenters. The van der Waals surface area contributed by atoms with Crippen molar-refractivity contribution in [1.82, 2.24) is 19.5 Å². The smallest absolute Gasteiger partial charge is 0.252 e. The molecule has 2 N–H and O–H groups in total. The lowest BCUT2D eigenvalue weighted by molar-refractivity contribution is 0.100. The normalized spacial score (nSPS) is 17.0. The average Bonchev–Trinajstić information content (AvgIpc) is 3.17. The summed E-state index contributed by atoms with van der Waals surface area (Å²) >= 11 is 0. The third-order valence-electron chi connectivity index (χ3n) is 4.94. The van der Waals surface area contributed by atoms with Gasteiger partial charge >= 0.3 is 0 Å². The van der Waals surface area contributed by atoms with Gasteiger partial charge in [-0.3, -0.25) is 9.78 Å². The molecule has 1 fully saturated rings. The molecule has 4 heterocycles. The first kappa shape index (κ1) is 17.2. The van der Waals surface area contributed by atoms with Crippen LogP contribution in [0.1, 0.15) is 40.6 Å². The summed E-state index contributed by atoms with van der Waals surface area (Å²) < 4.78 is 2.16. The second kappa shape index (κ2) is 7.57. The molecule has 7 nitrogen and oxygen atoms in total. The largest absolute Gasteiger partial charge is 0.365 e. The van der Waals surface area contributed by atoms with Gasteiger partial charge in [0.1, 0.15) is 11.6 Å². The maximum Gasteiger partial charge on any atom is 0.252 e. The van der Waals surface area contributed by atoms with Crippen molar-refractivity contribution >= 4 is 11.7 Å². The number of anilines is 1. The quantitative estimate of drug-likeness (QED) is 0.751. The molecule has 0 saturated carbocycles. The summed E-state index contributed by atoms with van der Waals surface area (Å²) in [5, 5.41) is 0. The Hall–Kier alpha value is -3.22. The van der Waals surface area contributed by atoms with Crippen LogP contribution in [0.3, 0.4) is 0 Å². The van der Waals surface area contributed by atoms with Gasteiger partial charge in [-0.05, 0) is 37.1 Å². The summed E-state index contributed by atoms with van der Waals surface area (Å²) in [7, 11) is 0. The highest BCUT2D eigenvalue weighted by Gasteiger charge is 2.27. The molecular formula is C20H22N6O. The average molecular weight is 362 g/mol. The highest BCUT2D eigenvalue weighted by Crippen LogP contribution is 2.30. The van der Waals surface area contributed by atoms with Crippen LogP contribution in [0.25, 0.3) is 0 Å². The van der Waals surface area contributed by atoms with Gasteiger partial charge in [-0.1, -0.05) is 6.07 Å². The highest BCUT2D eigenvalue weighted by atomic mass is 16.1. The lowest BCUT2D eigenvalue weighted by atomic mass is 9.96. The summed E-state index contributed by atoms with van der Waals surface area (Å²) in [4.78, 5) is 27.4. The SMILES string of the molecule is NC(=O)c1cccnc1N1CCC[C@H](c2nccn2Cc2ccccn2)C1. The Labute approximate surface area is 157 Å². The fraction of sp³-hybridized carbons (Fsp3) is 0.300. The number of nitrogens with two attached hydrogens (primary N) is 1. The Morgan fingerprint density at radius 1 is 1.11 bits per heavy atom. The molecule has 27 heavy (non-hydrogen) atoms. The Kier molecular flexibility index (Phi) is 4.82. The monoisotopic (exact) mass is 362 g/mol. The number of imidazole rings is 1. The molecule has 138 valence electrons. The summed E-state index contributed by atoms with van der Waals surface area (Å²) in [5.41, 5.74) is 7.00. The fourth-order valence-corrected chi connectivity index (χ4v) is 3.70. The number of amides is 1. The predicted octanol–water partition coefficient (Wildman–Crippen LogP) is 2.20. The van der Waals surface area contributed by atoms with E-state index in [0.717, 1.165) is 37.4 Å². The predicted molar refractivity (Wildman–Crippen MR) is 103 cm³/mol. The van der Waals surface area contributed by atoms with Crippen LogP contribution in [0, 0.1) is 0 Å². The zero-order chi connectivity index (χ0) is 18.6. The van der Waals surface area contributed by atoms with Crippen LogP contribution < -0.4 is 10.6 Å². The molecule has 0 radical (unpaired) electrons. The summed E-state index contributed by atoms with van der Waals surface area (Å²) in [5.74, 6) is 1.52. The van der Waals surface area contributed by atoms with Gasteiger partial charge in [-0.15, -0.1) is 0 Å². The van der Waals surface area contributed by atoms with Crippen molar-refractivity contribution in [1.29, 1.82) is 0 Å². The molecule has 4 rings (SSSR count). The van der Waals surface area contributed by atoms with Crippen molar-refractivity contribution in [3.63, 3.8) is 0 Å². The lowest BCUT2D eigenvalue weighted by Crippen LogP contribution is -2.37. The van der Waals surface area contributed by atoms with Gasteiger partial charge in [-0.2, -0.15) is 0 Å². The third-order valence-corrected chi connectivity index (χ3v) is 4.94. The maximum atomic E-state index is 11.8. The summed E-state index contributed by atoms with van der Waals surface area (Å²) in [6, 6.07) is 9.40. The first-order valence-electron chi connectivity index (χ1n) is 9.13. The van der Waals surface area contributed by atoms with E-state index in [1.54, 1.807) is 24.5 Å². The van der Waals surface area contributed by atoms with Gasteiger partial charge in [0.2, 0.25) is 0 Å². The van der Waals surface area contributed by atoms with Gasteiger partial charge in [-0.25, -0.2) is 9.97 Å². The van der Waals surface area contributed by atoms with Crippen molar-refractivity contribution < 1.29 is 4.79 Å². The van der Waals surface area contributed by atoms with E-state index in [0.29, 0.717) is 17.9 Å². The number of piperidine rings is 1. The second-order valence-electron chi connectivity index (χ2n) is 6.76. The van der Waals surface area contributed by atoms with Crippen molar-refractivity contribution in [2.24, 2.45) is 5.73 Å². The van der Waals surface area contributed by atoms with Crippen molar-refractivity contribution in [2.75, 3.05) is 18.0 Å². The number of aromatic nitrogens is 4. The number of rotatable bonds is 5. The summed E-state index contributed by atoms with van der Waals surface area (Å²) in [6.07, 6.45) is 9.41. The van der Waals surface area contributed by atoms with Gasteiger partial charge in [0.25, 0.3) is 5.91 Å². The molecule has 0 spiro atoms. The molecule has 1 amide bonds. The standard InChI is InChI=1S/C20H22N6O/c21-18(27)17-7-3-9-23-20(17)25-11-4-5-15(13-25)19-24-10-12-26(19)14-16-6-1-2-8-22-16/h1-3,6-10,12,15H,4-5,11,13-14H2,(H2,21,27)/t15-/m0/s1. The topological polar surface area (TPSA) is 89.9 Å². The van der Waals surface area contributed by atoms with E-state index in [9.17, 15) is 4.79 Å². The molecule has 1 atom stereocenters. The molecule has 1 aliphatic rings. The van der Waals surface area contributed by atoms with E-state index in [1.165, 1.54) is 0 Å². The minimum Gasteiger partial charge on any atom is -0.365 e. The van der Waals surface area contributed by atoms with E-state index >= 15 is 0 Å². The third kappa shape index (κ3) is 3.67. The Morgan fingerprint density at radius 2 is 2.00 bits per heavy atom. The van der Waals surface area contributed by atoms with Gasteiger partial charge in [0.15, 0.2) is 0 Å². The Bertz CT molecular complexity index is 923. The Morgan fingerprint density at radius 3 is 2.81 bits per heavy atom. The molecule has 3 aromatic heterocycles. The van der Waals surface area contributed by atoms with Crippen molar-refractivity contribution in [3.8, 4) is 0 Å². The van der Waals surface area contributed by atoms with Crippen molar-refractivity contribution in [3.05, 3.63) is 72.2 Å². The Balaban J connectivity index is 1.56. The number of pyridine rings is 2. The molecule has 0 bridgehead atoms. The van der Waals surface area contributed by atoms with Gasteiger partial charge in [0, 0.05) is 43.8 Å². The number of carbonyl (C=O) groups excluding carboxylic acids is 1. The first-order valence-corrected chi connectivity index (χ1v) is 9.13. The fourth-order valence-electron chi connectivity index (χ4n) is 3.70. The van der Waals surface area contributed by atoms with Crippen LogP contribution in [0.15, 0.2) is 55.1 Å². The molecule has 0 aromatic carbocycles. The van der Waals surface area contributed by atoms with E-state index in [2.05, 4.69) is 24.4 Å². The molecule has 0 aliphatic carbocycles. The molecule has 3 aromatic rings. The molecular weight excluding hydrogens is 340 g/mol. The van der Waals surface area contributed by atoms with E-state index in [1.807, 2.05) is 30.6 Å². The number of nitrogens with zero attached hydrogens (tertiary/aromatic N) is 5. The minimum atomic E-state index is -0.447. The molecule has 1 saturated heterocycles. The zero-order valence-electron chi connectivity index (χ0n) is 15.0. The van der Waals surface area contributed by atoms with Crippen LogP contribution in [-0.4, -0.2) is 38.5 Å². The van der Waals surface area contributed by atoms with Crippen LogP contribution in [0.2, 0.25) is 0 Å². The van der Waals surface area contributed by atoms with E-state index < -0.39 is 5.91 Å². The van der Waals surface area contributed by atoms with Gasteiger partial charge < -0.3 is 15.2 Å². The van der Waals surface area contributed by atoms with Crippen LogP contribution in [-0.2, 0) is 6.54 Å². The summed E-state index contributed by atoms with van der Waals surface area (Å²) in [6.45, 7) is 2.31. The zero-order valence-corrected chi connectivity index (χ0v) is 15.0. The van der Waals surface area contributed by atoms with Crippen LogP contribution in [0.5, 0.6) is 0 Å². The number of primary amides is 1. The molecule has 7 heteroatoms. The second-order valence-corrected chi connectivity index (χ2v) is 6.76. The van der Waals surface area contributed by atoms with E-state index in [-0.39, 0.29) is 5.92 Å². The lowest BCUT2D eigenvalue weighted by Gasteiger charge is -2.34. The van der Waals surface area contributed by atoms with E-state index in [4.69, 9.17) is 5.73 Å². The van der Waals surface area contributed by atoms with Crippen molar-refractivity contribution in [2.45, 2.75) is 25.3 Å². The maximum absolute atomic E-state index is 11.8. The first-order chi connectivity index (χ1) is 13.2. The number of hydrogen-bond donors (Lipinski definition) is 1. The number of hydrogen-bond acceptors (Lipinski definition) is 5. The van der Waals surface area contributed by atoms with Gasteiger partial charge in [0.05, 0.1) is 17.8 Å². The minimum absolute atomic E-state index is 0.264. The highest BCUT2D eigenvalue weighted by molar-refractivity contribution is 5.97. The van der Waals surface area contributed by atoms with Crippen LogP contribution in [0.4, 0.5) is 5.82 Å².